The number of hydrogen-bond donors (Lipinski definition) is 1. The Morgan fingerprint density at radius 2 is 2.19 bits per heavy atom. The molecule has 0 radical (unpaired) electrons. The maximum absolute atomic E-state index is 10.1. The first-order valence-electron chi connectivity index (χ1n) is 4.77. The maximum Gasteiger partial charge on any atom is 0.140 e. The molecule has 0 aliphatic rings. The Hall–Kier alpha value is -1.26. The predicted molar refractivity (Wildman–Crippen MR) is 63.5 cm³/mol. The van der Waals surface area contributed by atoms with E-state index < -0.39 is 6.10 Å². The number of halogens is 1. The highest BCUT2D eigenvalue weighted by Crippen LogP contribution is 2.32. The minimum absolute atomic E-state index is 0.497. The van der Waals surface area contributed by atoms with E-state index in [1.54, 1.807) is 25.3 Å². The minimum Gasteiger partial charge on any atom is -0.496 e. The van der Waals surface area contributed by atoms with Crippen LogP contribution < -0.4 is 4.74 Å². The number of hydrogen-bond acceptors (Lipinski definition) is 3. The molecule has 84 valence electrons. The second-order valence-corrected chi connectivity index (χ2v) is 4.22. The first kappa shape index (κ1) is 11.2. The maximum atomic E-state index is 10.1. The van der Waals surface area contributed by atoms with Crippen LogP contribution in [0, 0.1) is 0 Å². The molecule has 3 nitrogen and oxygen atoms in total. The Labute approximate surface area is 102 Å². The van der Waals surface area contributed by atoms with Gasteiger partial charge in [-0.1, -0.05) is 15.9 Å². The molecule has 2 rings (SSSR count). The number of aliphatic hydroxyl groups is 1. The molecule has 1 heterocycles. The predicted octanol–water partition coefficient (Wildman–Crippen LogP) is 3.13. The third-order valence-electron chi connectivity index (χ3n) is 2.30. The topological polar surface area (TPSA) is 42.6 Å². The van der Waals surface area contributed by atoms with Crippen molar-refractivity contribution in [2.45, 2.75) is 6.10 Å². The molecule has 0 bridgehead atoms. The van der Waals surface area contributed by atoms with Gasteiger partial charge in [-0.3, -0.25) is 0 Å². The van der Waals surface area contributed by atoms with Crippen molar-refractivity contribution in [1.29, 1.82) is 0 Å². The third kappa shape index (κ3) is 2.13. The number of benzene rings is 1. The zero-order valence-corrected chi connectivity index (χ0v) is 10.3. The van der Waals surface area contributed by atoms with Gasteiger partial charge in [0.05, 0.1) is 13.4 Å². The summed E-state index contributed by atoms with van der Waals surface area (Å²) in [5.74, 6) is 1.13. The monoisotopic (exact) mass is 282 g/mol. The summed E-state index contributed by atoms with van der Waals surface area (Å²) >= 11 is 3.36. The fraction of sp³-hybridized carbons (Fsp3) is 0.167. The summed E-state index contributed by atoms with van der Waals surface area (Å²) < 4.78 is 11.2. The van der Waals surface area contributed by atoms with Crippen LogP contribution in [0.5, 0.6) is 5.75 Å². The van der Waals surface area contributed by atoms with E-state index in [0.29, 0.717) is 17.1 Å². The molecule has 0 saturated heterocycles. The van der Waals surface area contributed by atoms with E-state index in [2.05, 4.69) is 15.9 Å². The molecule has 1 aromatic carbocycles. The van der Waals surface area contributed by atoms with E-state index in [9.17, 15) is 5.11 Å². The van der Waals surface area contributed by atoms with Gasteiger partial charge in [0.25, 0.3) is 0 Å². The lowest BCUT2D eigenvalue weighted by Crippen LogP contribution is -2.01. The van der Waals surface area contributed by atoms with Gasteiger partial charge in [-0.2, -0.15) is 0 Å². The lowest BCUT2D eigenvalue weighted by Gasteiger charge is -2.13. The summed E-state index contributed by atoms with van der Waals surface area (Å²) in [6.07, 6.45) is 0.714. The van der Waals surface area contributed by atoms with Gasteiger partial charge in [-0.05, 0) is 30.3 Å². The van der Waals surface area contributed by atoms with Crippen molar-refractivity contribution < 1.29 is 14.3 Å². The van der Waals surface area contributed by atoms with E-state index in [-0.39, 0.29) is 0 Å². The van der Waals surface area contributed by atoms with Crippen LogP contribution in [0.3, 0.4) is 0 Å². The van der Waals surface area contributed by atoms with Crippen LogP contribution in [-0.2, 0) is 0 Å². The highest BCUT2D eigenvalue weighted by molar-refractivity contribution is 9.10. The molecule has 0 saturated carbocycles. The molecule has 0 aliphatic carbocycles. The Morgan fingerprint density at radius 1 is 1.38 bits per heavy atom. The van der Waals surface area contributed by atoms with E-state index >= 15 is 0 Å². The van der Waals surface area contributed by atoms with Crippen LogP contribution >= 0.6 is 15.9 Å². The molecule has 0 amide bonds. The van der Waals surface area contributed by atoms with E-state index in [4.69, 9.17) is 9.15 Å². The molecule has 4 heteroatoms. The largest absolute Gasteiger partial charge is 0.496 e. The van der Waals surface area contributed by atoms with Crippen molar-refractivity contribution in [3.05, 3.63) is 52.4 Å². The van der Waals surface area contributed by atoms with Crippen LogP contribution in [0.1, 0.15) is 17.4 Å². The van der Waals surface area contributed by atoms with Crippen LogP contribution in [0.15, 0.2) is 45.5 Å². The van der Waals surface area contributed by atoms with Gasteiger partial charge >= 0.3 is 0 Å². The first-order valence-corrected chi connectivity index (χ1v) is 5.56. The normalized spacial score (nSPS) is 12.4. The van der Waals surface area contributed by atoms with Gasteiger partial charge in [0.15, 0.2) is 0 Å². The summed E-state index contributed by atoms with van der Waals surface area (Å²) in [6.45, 7) is 0. The Kier molecular flexibility index (Phi) is 3.31. The van der Waals surface area contributed by atoms with Crippen LogP contribution in [0.2, 0.25) is 0 Å². The minimum atomic E-state index is -0.817. The molecule has 16 heavy (non-hydrogen) atoms. The number of furan rings is 1. The molecule has 1 aromatic heterocycles. The van der Waals surface area contributed by atoms with Gasteiger partial charge < -0.3 is 14.3 Å². The van der Waals surface area contributed by atoms with E-state index in [1.165, 1.54) is 6.26 Å². The molecule has 1 atom stereocenters. The van der Waals surface area contributed by atoms with Crippen molar-refractivity contribution >= 4 is 15.9 Å². The van der Waals surface area contributed by atoms with Crippen LogP contribution in [-0.4, -0.2) is 12.2 Å². The first-order chi connectivity index (χ1) is 7.72. The number of rotatable bonds is 3. The second kappa shape index (κ2) is 4.72. The summed E-state index contributed by atoms with van der Waals surface area (Å²) in [5.41, 5.74) is 0.673. The van der Waals surface area contributed by atoms with Crippen LogP contribution in [0.25, 0.3) is 0 Å². The molecule has 0 fully saturated rings. The van der Waals surface area contributed by atoms with Gasteiger partial charge in [0, 0.05) is 10.0 Å². The second-order valence-electron chi connectivity index (χ2n) is 3.30. The Balaban J connectivity index is 2.42. The highest BCUT2D eigenvalue weighted by Gasteiger charge is 2.17. The lowest BCUT2D eigenvalue weighted by atomic mass is 10.1. The Morgan fingerprint density at radius 3 is 2.81 bits per heavy atom. The summed E-state index contributed by atoms with van der Waals surface area (Å²) in [4.78, 5) is 0. The molecule has 0 aliphatic heterocycles. The third-order valence-corrected chi connectivity index (χ3v) is 2.79. The zero-order chi connectivity index (χ0) is 11.5. The lowest BCUT2D eigenvalue weighted by molar-refractivity contribution is 0.185. The van der Waals surface area contributed by atoms with Crippen molar-refractivity contribution in [2.75, 3.05) is 7.11 Å². The summed E-state index contributed by atoms with van der Waals surface area (Å²) in [5, 5.41) is 10.1. The van der Waals surface area contributed by atoms with E-state index in [0.717, 1.165) is 4.47 Å². The van der Waals surface area contributed by atoms with Gasteiger partial charge in [-0.15, -0.1) is 0 Å². The van der Waals surface area contributed by atoms with Crippen molar-refractivity contribution in [3.63, 3.8) is 0 Å². The standard InChI is InChI=1S/C12H11BrO3/c1-15-10-5-4-8(13)7-9(10)12(14)11-3-2-6-16-11/h2-7,12,14H,1H3. The van der Waals surface area contributed by atoms with Crippen molar-refractivity contribution in [3.8, 4) is 5.75 Å². The quantitative estimate of drug-likeness (QED) is 0.941. The number of methoxy groups -OCH3 is 1. The molecule has 2 aromatic rings. The highest BCUT2D eigenvalue weighted by atomic mass is 79.9. The molecule has 1 unspecified atom stereocenters. The molecular formula is C12H11BrO3. The number of aliphatic hydroxyl groups excluding tert-OH is 1. The SMILES string of the molecule is COc1ccc(Br)cc1C(O)c1ccco1. The fourth-order valence-electron chi connectivity index (χ4n) is 1.52. The number of ether oxygens (including phenoxy) is 1. The smallest absolute Gasteiger partial charge is 0.140 e. The molecular weight excluding hydrogens is 272 g/mol. The molecule has 0 spiro atoms. The average Bonchev–Trinajstić information content (AvgIpc) is 2.81. The summed E-state index contributed by atoms with van der Waals surface area (Å²) in [6, 6.07) is 8.93. The van der Waals surface area contributed by atoms with Gasteiger partial charge in [0.2, 0.25) is 0 Å². The summed E-state index contributed by atoms with van der Waals surface area (Å²) in [7, 11) is 1.57. The zero-order valence-electron chi connectivity index (χ0n) is 8.68. The van der Waals surface area contributed by atoms with Crippen molar-refractivity contribution in [1.82, 2.24) is 0 Å². The van der Waals surface area contributed by atoms with E-state index in [1.807, 2.05) is 12.1 Å². The average molecular weight is 283 g/mol. The Bertz CT molecular complexity index is 465. The van der Waals surface area contributed by atoms with Gasteiger partial charge in [0.1, 0.15) is 17.6 Å². The van der Waals surface area contributed by atoms with Gasteiger partial charge in [-0.25, -0.2) is 0 Å². The fourth-order valence-corrected chi connectivity index (χ4v) is 1.90. The van der Waals surface area contributed by atoms with Crippen LogP contribution in [0.4, 0.5) is 0 Å². The van der Waals surface area contributed by atoms with Crippen molar-refractivity contribution in [2.24, 2.45) is 0 Å². The molecule has 1 N–H and O–H groups in total.